The first kappa shape index (κ1) is 23.1. The fourth-order valence-corrected chi connectivity index (χ4v) is 5.42. The van der Waals surface area contributed by atoms with E-state index in [1.807, 2.05) is 23.6 Å². The van der Waals surface area contributed by atoms with Crippen LogP contribution in [0.15, 0.2) is 56.8 Å². The molecule has 0 saturated carbocycles. The van der Waals surface area contributed by atoms with Crippen molar-refractivity contribution in [2.24, 2.45) is 0 Å². The van der Waals surface area contributed by atoms with Gasteiger partial charge in [0.25, 0.3) is 0 Å². The van der Waals surface area contributed by atoms with E-state index in [-0.39, 0.29) is 11.9 Å². The number of fused-ring (bicyclic) bond motifs is 1. The Bertz CT molecular complexity index is 1380. The lowest BCUT2D eigenvalue weighted by Gasteiger charge is -2.15. The Labute approximate surface area is 205 Å². The molecule has 34 heavy (non-hydrogen) atoms. The van der Waals surface area contributed by atoms with Gasteiger partial charge in [0.15, 0.2) is 11.0 Å². The van der Waals surface area contributed by atoms with E-state index in [1.165, 1.54) is 30.0 Å². The summed E-state index contributed by atoms with van der Waals surface area (Å²) in [4.78, 5) is 12.2. The Hall–Kier alpha value is -2.68. The predicted octanol–water partition coefficient (Wildman–Crippen LogP) is 5.88. The van der Waals surface area contributed by atoms with Crippen LogP contribution in [0.25, 0.3) is 22.4 Å². The van der Waals surface area contributed by atoms with Gasteiger partial charge in [0, 0.05) is 34.4 Å². The first-order valence-corrected chi connectivity index (χ1v) is 12.6. The summed E-state index contributed by atoms with van der Waals surface area (Å²) in [5.74, 6) is 0.839. The van der Waals surface area contributed by atoms with Crippen molar-refractivity contribution in [3.63, 3.8) is 0 Å². The largest absolute Gasteiger partial charge is 0.423 e. The quantitative estimate of drug-likeness (QED) is 0.234. The molecule has 0 spiro atoms. The summed E-state index contributed by atoms with van der Waals surface area (Å²) in [6.45, 7) is 3.35. The van der Waals surface area contributed by atoms with Gasteiger partial charge in [-0.25, -0.2) is 9.18 Å². The average molecular weight is 500 g/mol. The number of aromatic nitrogens is 3. The molecule has 2 aromatic carbocycles. The Kier molecular flexibility index (Phi) is 6.72. The van der Waals surface area contributed by atoms with Crippen LogP contribution in [0.4, 0.5) is 4.39 Å². The molecule has 1 atom stereocenters. The minimum absolute atomic E-state index is 0.0745. The smallest absolute Gasteiger partial charge is 0.336 e. The molecule has 0 aliphatic carbocycles. The Morgan fingerprint density at radius 2 is 2.00 bits per heavy atom. The molecule has 1 fully saturated rings. The van der Waals surface area contributed by atoms with Gasteiger partial charge in [0.2, 0.25) is 0 Å². The van der Waals surface area contributed by atoms with Crippen molar-refractivity contribution in [2.75, 3.05) is 6.61 Å². The first-order chi connectivity index (χ1) is 16.5. The van der Waals surface area contributed by atoms with Crippen molar-refractivity contribution < 1.29 is 13.5 Å². The SMILES string of the molecule is CCc1cc2oc(=O)cc(CSc3nnc(-c4ccc(F)cc4)n3C[C@H]3CCCO3)c2cc1Cl. The summed E-state index contributed by atoms with van der Waals surface area (Å²) in [5.41, 5.74) is 2.65. The molecule has 2 aromatic heterocycles. The number of nitrogens with zero attached hydrogens (tertiary/aromatic N) is 3. The molecule has 0 N–H and O–H groups in total. The van der Waals surface area contributed by atoms with Gasteiger partial charge in [0.05, 0.1) is 12.6 Å². The number of ether oxygens (including phenoxy) is 1. The van der Waals surface area contributed by atoms with Crippen molar-refractivity contribution in [1.29, 1.82) is 0 Å². The van der Waals surface area contributed by atoms with Crippen LogP contribution in [0.3, 0.4) is 0 Å². The van der Waals surface area contributed by atoms with E-state index >= 15 is 0 Å². The predicted molar refractivity (Wildman–Crippen MR) is 131 cm³/mol. The monoisotopic (exact) mass is 499 g/mol. The zero-order valence-electron chi connectivity index (χ0n) is 18.6. The highest BCUT2D eigenvalue weighted by Gasteiger charge is 2.22. The summed E-state index contributed by atoms with van der Waals surface area (Å²) in [6.07, 6.45) is 2.81. The van der Waals surface area contributed by atoms with E-state index in [2.05, 4.69) is 10.2 Å². The molecule has 9 heteroatoms. The standard InChI is InChI=1S/C25H23ClFN3O3S/c1-2-15-10-22-20(12-21(15)26)17(11-23(31)33-22)14-34-25-29-28-24(16-5-7-18(27)8-6-16)30(25)13-19-4-3-9-32-19/h5-8,10-12,19H,2-4,9,13-14H2,1H3/t19-/m1/s1. The molecule has 1 saturated heterocycles. The topological polar surface area (TPSA) is 70.2 Å². The van der Waals surface area contributed by atoms with E-state index in [0.717, 1.165) is 47.9 Å². The molecule has 5 rings (SSSR count). The highest BCUT2D eigenvalue weighted by Crippen LogP contribution is 2.32. The molecule has 0 amide bonds. The van der Waals surface area contributed by atoms with Gasteiger partial charge in [-0.15, -0.1) is 10.2 Å². The van der Waals surface area contributed by atoms with Crippen molar-refractivity contribution in [3.05, 3.63) is 74.9 Å². The Morgan fingerprint density at radius 1 is 1.18 bits per heavy atom. The second kappa shape index (κ2) is 9.90. The maximum absolute atomic E-state index is 13.5. The zero-order chi connectivity index (χ0) is 23.7. The van der Waals surface area contributed by atoms with E-state index in [4.69, 9.17) is 20.8 Å². The summed E-state index contributed by atoms with van der Waals surface area (Å²) in [7, 11) is 0. The van der Waals surface area contributed by atoms with Gasteiger partial charge in [-0.05, 0) is 66.8 Å². The number of hydrogen-bond acceptors (Lipinski definition) is 6. The Morgan fingerprint density at radius 3 is 2.74 bits per heavy atom. The number of thioether (sulfide) groups is 1. The highest BCUT2D eigenvalue weighted by atomic mass is 35.5. The van der Waals surface area contributed by atoms with Crippen LogP contribution in [-0.2, 0) is 23.5 Å². The average Bonchev–Trinajstić information content (AvgIpc) is 3.48. The minimum atomic E-state index is -0.403. The van der Waals surface area contributed by atoms with Crippen LogP contribution in [-0.4, -0.2) is 27.5 Å². The van der Waals surface area contributed by atoms with Crippen molar-refractivity contribution in [3.8, 4) is 11.4 Å². The van der Waals surface area contributed by atoms with Gasteiger partial charge in [-0.2, -0.15) is 0 Å². The van der Waals surface area contributed by atoms with Crippen LogP contribution in [0.1, 0.15) is 30.9 Å². The van der Waals surface area contributed by atoms with Crippen molar-refractivity contribution in [2.45, 2.75) is 49.7 Å². The van der Waals surface area contributed by atoms with Crippen molar-refractivity contribution in [1.82, 2.24) is 14.8 Å². The fraction of sp³-hybridized carbons (Fsp3) is 0.320. The van der Waals surface area contributed by atoms with E-state index in [0.29, 0.717) is 33.9 Å². The molecule has 1 aliphatic heterocycles. The molecule has 1 aliphatic rings. The van der Waals surface area contributed by atoms with E-state index in [9.17, 15) is 9.18 Å². The van der Waals surface area contributed by atoms with Crippen LogP contribution >= 0.6 is 23.4 Å². The maximum Gasteiger partial charge on any atom is 0.336 e. The lowest BCUT2D eigenvalue weighted by Crippen LogP contribution is -2.16. The third-order valence-electron chi connectivity index (χ3n) is 5.96. The minimum Gasteiger partial charge on any atom is -0.423 e. The maximum atomic E-state index is 13.5. The number of hydrogen-bond donors (Lipinski definition) is 0. The molecular weight excluding hydrogens is 477 g/mol. The van der Waals surface area contributed by atoms with E-state index in [1.54, 1.807) is 12.1 Å². The van der Waals surface area contributed by atoms with Gasteiger partial charge in [0.1, 0.15) is 11.4 Å². The molecule has 0 bridgehead atoms. The van der Waals surface area contributed by atoms with Crippen LogP contribution < -0.4 is 5.63 Å². The molecular formula is C25H23ClFN3O3S. The third-order valence-corrected chi connectivity index (χ3v) is 7.33. The summed E-state index contributed by atoms with van der Waals surface area (Å²) >= 11 is 7.92. The molecule has 4 aromatic rings. The second-order valence-electron chi connectivity index (χ2n) is 8.23. The fourth-order valence-electron chi connectivity index (χ4n) is 4.19. The number of rotatable bonds is 7. The van der Waals surface area contributed by atoms with Crippen LogP contribution in [0.2, 0.25) is 5.02 Å². The van der Waals surface area contributed by atoms with Crippen molar-refractivity contribution >= 4 is 34.3 Å². The van der Waals surface area contributed by atoms with Crippen LogP contribution in [0.5, 0.6) is 0 Å². The Balaban J connectivity index is 1.48. The molecule has 176 valence electrons. The van der Waals surface area contributed by atoms with Gasteiger partial charge >= 0.3 is 5.63 Å². The van der Waals surface area contributed by atoms with E-state index < -0.39 is 5.63 Å². The second-order valence-corrected chi connectivity index (χ2v) is 9.58. The zero-order valence-corrected chi connectivity index (χ0v) is 20.2. The highest BCUT2D eigenvalue weighted by molar-refractivity contribution is 7.98. The number of benzene rings is 2. The normalized spacial score (nSPS) is 15.9. The van der Waals surface area contributed by atoms with Crippen LogP contribution in [0, 0.1) is 5.82 Å². The molecule has 6 nitrogen and oxygen atoms in total. The summed E-state index contributed by atoms with van der Waals surface area (Å²) in [6, 6.07) is 11.4. The molecule has 0 radical (unpaired) electrons. The van der Waals surface area contributed by atoms with Gasteiger partial charge in [-0.3, -0.25) is 4.57 Å². The van der Waals surface area contributed by atoms with Gasteiger partial charge in [-0.1, -0.05) is 30.3 Å². The first-order valence-electron chi connectivity index (χ1n) is 11.2. The summed E-state index contributed by atoms with van der Waals surface area (Å²) in [5, 5.41) is 11.0. The number of halogens is 2. The van der Waals surface area contributed by atoms with Gasteiger partial charge < -0.3 is 9.15 Å². The summed E-state index contributed by atoms with van der Waals surface area (Å²) < 4.78 is 26.8. The lowest BCUT2D eigenvalue weighted by molar-refractivity contribution is 0.0953. The molecule has 0 unspecified atom stereocenters. The lowest BCUT2D eigenvalue weighted by atomic mass is 10.1. The molecule has 3 heterocycles. The third kappa shape index (κ3) is 4.76. The number of aryl methyl sites for hydroxylation is 1.